The number of piperidine rings is 1. The molecule has 2 atom stereocenters. The third-order valence-electron chi connectivity index (χ3n) is 7.78. The Bertz CT molecular complexity index is 1460. The molecule has 3 N–H and O–H groups in total. The van der Waals surface area contributed by atoms with Crippen LogP contribution in [-0.2, 0) is 16.0 Å². The Morgan fingerprint density at radius 1 is 1.24 bits per heavy atom. The zero-order valence-corrected chi connectivity index (χ0v) is 21.3. The van der Waals surface area contributed by atoms with Crippen LogP contribution >= 0.6 is 0 Å². The molecule has 0 radical (unpaired) electrons. The standard InChI is InChI=1S/C26H32FN5O5/c1-15-10-16(2)22-18(11-15)28-20(29-22)4-5-21(33)31-8-6-26(7-9-31)14-25(3,36)19(13-37-26)32-12-17(27)23(34)30-24(32)35/h10-12,19,36H,4-9,13-14H2,1-3H3,(H,28,29)(H,30,34,35)/t19-,25-/m1/s1. The molecule has 10 nitrogen and oxygen atoms in total. The van der Waals surface area contributed by atoms with Gasteiger partial charge in [-0.1, -0.05) is 6.07 Å². The zero-order valence-electron chi connectivity index (χ0n) is 21.3. The van der Waals surface area contributed by atoms with E-state index in [1.54, 1.807) is 6.92 Å². The van der Waals surface area contributed by atoms with Crippen molar-refractivity contribution < 1.29 is 19.0 Å². The van der Waals surface area contributed by atoms with Gasteiger partial charge >= 0.3 is 5.69 Å². The van der Waals surface area contributed by atoms with E-state index >= 15 is 0 Å². The lowest BCUT2D eigenvalue weighted by Crippen LogP contribution is -2.59. The van der Waals surface area contributed by atoms with Crippen LogP contribution in [0, 0.1) is 19.7 Å². The fourth-order valence-corrected chi connectivity index (χ4v) is 5.84. The number of H-pyrrole nitrogens is 2. The number of nitrogens with zero attached hydrogens (tertiary/aromatic N) is 3. The molecule has 2 aliphatic rings. The first-order valence-corrected chi connectivity index (χ1v) is 12.6. The van der Waals surface area contributed by atoms with Gasteiger partial charge in [0, 0.05) is 32.4 Å². The monoisotopic (exact) mass is 513 g/mol. The van der Waals surface area contributed by atoms with Crippen LogP contribution in [-0.4, -0.2) is 66.3 Å². The lowest BCUT2D eigenvalue weighted by molar-refractivity contribution is -0.198. The van der Waals surface area contributed by atoms with Crippen molar-refractivity contribution >= 4 is 16.9 Å². The number of aliphatic hydroxyl groups is 1. The van der Waals surface area contributed by atoms with Crippen LogP contribution in [0.15, 0.2) is 27.9 Å². The third kappa shape index (κ3) is 4.85. The van der Waals surface area contributed by atoms with E-state index in [1.165, 1.54) is 0 Å². The van der Waals surface area contributed by atoms with Gasteiger partial charge in [0.05, 0.1) is 41.1 Å². The highest BCUT2D eigenvalue weighted by Gasteiger charge is 2.50. The van der Waals surface area contributed by atoms with Crippen molar-refractivity contribution in [2.24, 2.45) is 0 Å². The maximum absolute atomic E-state index is 13.8. The lowest BCUT2D eigenvalue weighted by Gasteiger charge is -2.51. The van der Waals surface area contributed by atoms with Crippen LogP contribution in [0.1, 0.15) is 55.6 Å². The van der Waals surface area contributed by atoms with Gasteiger partial charge in [-0.05, 0) is 50.8 Å². The molecule has 5 rings (SSSR count). The largest absolute Gasteiger partial charge is 0.388 e. The summed E-state index contributed by atoms with van der Waals surface area (Å²) < 4.78 is 21.0. The molecule has 37 heavy (non-hydrogen) atoms. The molecule has 198 valence electrons. The molecular weight excluding hydrogens is 481 g/mol. The predicted octanol–water partition coefficient (Wildman–Crippen LogP) is 1.88. The van der Waals surface area contributed by atoms with Gasteiger partial charge in [-0.2, -0.15) is 4.39 Å². The number of imidazole rings is 1. The molecule has 2 fully saturated rings. The molecule has 1 spiro atoms. The number of aromatic nitrogens is 4. The summed E-state index contributed by atoms with van der Waals surface area (Å²) in [6.45, 7) is 6.62. The molecule has 2 aromatic heterocycles. The van der Waals surface area contributed by atoms with Gasteiger partial charge in [0.15, 0.2) is 0 Å². The van der Waals surface area contributed by atoms with Gasteiger partial charge in [0.2, 0.25) is 11.7 Å². The average Bonchev–Trinajstić information content (AvgIpc) is 3.23. The number of carbonyl (C=O) groups is 1. The van der Waals surface area contributed by atoms with Crippen molar-refractivity contribution in [1.29, 1.82) is 0 Å². The van der Waals surface area contributed by atoms with E-state index in [0.29, 0.717) is 38.8 Å². The minimum Gasteiger partial charge on any atom is -0.388 e. The number of likely N-dealkylation sites (tertiary alicyclic amines) is 1. The van der Waals surface area contributed by atoms with Crippen molar-refractivity contribution in [2.45, 2.75) is 70.1 Å². The molecule has 11 heteroatoms. The van der Waals surface area contributed by atoms with Crippen molar-refractivity contribution in [3.8, 4) is 0 Å². The molecule has 1 amide bonds. The fourth-order valence-electron chi connectivity index (χ4n) is 5.84. The summed E-state index contributed by atoms with van der Waals surface area (Å²) in [5, 5.41) is 11.2. The van der Waals surface area contributed by atoms with Gasteiger partial charge < -0.3 is 19.7 Å². The Morgan fingerprint density at radius 2 is 1.97 bits per heavy atom. The van der Waals surface area contributed by atoms with Crippen molar-refractivity contribution in [1.82, 2.24) is 24.4 Å². The van der Waals surface area contributed by atoms with Gasteiger partial charge in [0.1, 0.15) is 5.82 Å². The minimum atomic E-state index is -1.38. The number of rotatable bonds is 4. The Labute approximate surface area is 212 Å². The predicted molar refractivity (Wildman–Crippen MR) is 134 cm³/mol. The highest BCUT2D eigenvalue weighted by molar-refractivity contribution is 5.80. The van der Waals surface area contributed by atoms with E-state index in [9.17, 15) is 23.9 Å². The summed E-state index contributed by atoms with van der Waals surface area (Å²) >= 11 is 0. The van der Waals surface area contributed by atoms with E-state index in [-0.39, 0.29) is 18.9 Å². The number of ether oxygens (including phenoxy) is 1. The molecule has 1 aromatic carbocycles. The molecule has 0 unspecified atom stereocenters. The second-order valence-corrected chi connectivity index (χ2v) is 10.7. The van der Waals surface area contributed by atoms with Gasteiger partial charge in [0.25, 0.3) is 5.56 Å². The first kappa shape index (κ1) is 25.3. The number of nitrogens with one attached hydrogen (secondary N) is 2. The molecule has 0 saturated carbocycles. The molecule has 3 aromatic rings. The number of carbonyl (C=O) groups excluding carboxylic acids is 1. The second kappa shape index (κ2) is 9.21. The smallest absolute Gasteiger partial charge is 0.328 e. The molecule has 0 aliphatic carbocycles. The highest BCUT2D eigenvalue weighted by Crippen LogP contribution is 2.43. The highest BCUT2D eigenvalue weighted by atomic mass is 19.1. The Morgan fingerprint density at radius 3 is 2.68 bits per heavy atom. The van der Waals surface area contributed by atoms with Gasteiger partial charge in [-0.3, -0.25) is 19.1 Å². The number of benzene rings is 1. The summed E-state index contributed by atoms with van der Waals surface area (Å²) in [4.78, 5) is 48.3. The van der Waals surface area contributed by atoms with E-state index in [2.05, 4.69) is 22.1 Å². The van der Waals surface area contributed by atoms with Crippen LogP contribution in [0.25, 0.3) is 11.0 Å². The summed E-state index contributed by atoms with van der Waals surface area (Å²) in [6, 6.07) is 3.29. The number of aromatic amines is 2. The lowest BCUT2D eigenvalue weighted by atomic mass is 9.75. The fraction of sp³-hybridized carbons (Fsp3) is 0.538. The van der Waals surface area contributed by atoms with Crippen LogP contribution in [0.3, 0.4) is 0 Å². The number of halogens is 1. The Balaban J connectivity index is 1.19. The van der Waals surface area contributed by atoms with E-state index in [1.807, 2.05) is 23.7 Å². The summed E-state index contributed by atoms with van der Waals surface area (Å²) in [5.74, 6) is -0.272. The first-order chi connectivity index (χ1) is 17.5. The van der Waals surface area contributed by atoms with Crippen LogP contribution < -0.4 is 11.2 Å². The minimum absolute atomic E-state index is 0.0166. The normalized spacial score (nSPS) is 23.6. The van der Waals surface area contributed by atoms with Gasteiger partial charge in [-0.25, -0.2) is 9.78 Å². The van der Waals surface area contributed by atoms with Gasteiger partial charge in [-0.15, -0.1) is 0 Å². The second-order valence-electron chi connectivity index (χ2n) is 10.7. The summed E-state index contributed by atoms with van der Waals surface area (Å²) in [5.41, 5.74) is 0.249. The van der Waals surface area contributed by atoms with E-state index in [4.69, 9.17) is 4.74 Å². The summed E-state index contributed by atoms with van der Waals surface area (Å²) in [6.07, 6.45) is 2.97. The van der Waals surface area contributed by atoms with E-state index in [0.717, 1.165) is 38.7 Å². The van der Waals surface area contributed by atoms with Crippen LogP contribution in [0.2, 0.25) is 0 Å². The maximum Gasteiger partial charge on any atom is 0.328 e. The first-order valence-electron chi connectivity index (χ1n) is 12.6. The Hall–Kier alpha value is -3.31. The number of hydrogen-bond donors (Lipinski definition) is 3. The SMILES string of the molecule is Cc1cc(C)c2nc(CCC(=O)N3CCC4(CC3)C[C@@](C)(O)[C@H](n3cc(F)c(=O)[nH]c3=O)CO4)[nH]c2c1. The Kier molecular flexibility index (Phi) is 6.31. The molecule has 2 aliphatic heterocycles. The third-order valence-corrected chi connectivity index (χ3v) is 7.78. The molecular formula is C26H32FN5O5. The van der Waals surface area contributed by atoms with Crippen molar-refractivity contribution in [3.05, 3.63) is 61.9 Å². The zero-order chi connectivity index (χ0) is 26.5. The maximum atomic E-state index is 13.8. The van der Waals surface area contributed by atoms with Crippen molar-refractivity contribution in [2.75, 3.05) is 19.7 Å². The quantitative estimate of drug-likeness (QED) is 0.488. The number of aryl methyl sites for hydroxylation is 3. The topological polar surface area (TPSA) is 133 Å². The molecule has 2 saturated heterocycles. The number of hydrogen-bond acceptors (Lipinski definition) is 6. The van der Waals surface area contributed by atoms with E-state index < -0.39 is 34.3 Å². The number of fused-ring (bicyclic) bond motifs is 1. The molecule has 0 bridgehead atoms. The summed E-state index contributed by atoms with van der Waals surface area (Å²) in [7, 11) is 0. The van der Waals surface area contributed by atoms with Crippen molar-refractivity contribution in [3.63, 3.8) is 0 Å². The number of amides is 1. The van der Waals surface area contributed by atoms with Crippen LogP contribution in [0.4, 0.5) is 4.39 Å². The van der Waals surface area contributed by atoms with Crippen LogP contribution in [0.5, 0.6) is 0 Å². The average molecular weight is 514 g/mol. The molecule has 4 heterocycles.